The third-order valence-corrected chi connectivity index (χ3v) is 7.74. The number of benzene rings is 1. The Labute approximate surface area is 214 Å². The van der Waals surface area contributed by atoms with E-state index in [4.69, 9.17) is 37.6 Å². The molecule has 1 saturated heterocycles. The van der Waals surface area contributed by atoms with Gasteiger partial charge >= 0.3 is 5.97 Å². The predicted octanol–water partition coefficient (Wildman–Crippen LogP) is 5.47. The number of aromatic nitrogens is 2. The third-order valence-electron chi connectivity index (χ3n) is 7.11. The van der Waals surface area contributed by atoms with Crippen LogP contribution < -0.4 is 4.90 Å². The lowest BCUT2D eigenvalue weighted by Gasteiger charge is -2.31. The largest absolute Gasteiger partial charge is 0.476 e. The summed E-state index contributed by atoms with van der Waals surface area (Å²) in [6.45, 7) is 0.191. The number of anilines is 1. The van der Waals surface area contributed by atoms with Gasteiger partial charge in [0.2, 0.25) is 5.91 Å². The van der Waals surface area contributed by atoms with Crippen LogP contribution in [0, 0.1) is 11.7 Å². The summed E-state index contributed by atoms with van der Waals surface area (Å²) in [5, 5.41) is 14.2. The second kappa shape index (κ2) is 8.83. The second-order valence-electron chi connectivity index (χ2n) is 9.36. The highest BCUT2D eigenvalue weighted by atomic mass is 35.5. The van der Waals surface area contributed by atoms with E-state index in [1.165, 1.54) is 11.1 Å². The zero-order chi connectivity index (χ0) is 25.1. The van der Waals surface area contributed by atoms with Crippen molar-refractivity contribution >= 4 is 40.8 Å². The van der Waals surface area contributed by atoms with Gasteiger partial charge in [-0.2, -0.15) is 0 Å². The first-order valence-electron chi connectivity index (χ1n) is 11.6. The van der Waals surface area contributed by atoms with Crippen molar-refractivity contribution in [3.63, 3.8) is 0 Å². The minimum absolute atomic E-state index is 0.188. The molecule has 3 heterocycles. The number of rotatable bonds is 7. The van der Waals surface area contributed by atoms with E-state index in [1.54, 1.807) is 18.2 Å². The number of piperidine rings is 1. The van der Waals surface area contributed by atoms with Crippen LogP contribution in [0.1, 0.15) is 53.4 Å². The van der Waals surface area contributed by atoms with E-state index in [0.29, 0.717) is 34.1 Å². The van der Waals surface area contributed by atoms with Crippen molar-refractivity contribution in [2.24, 2.45) is 5.92 Å². The molecule has 8 nitrogen and oxygen atoms in total. The molecule has 186 valence electrons. The summed E-state index contributed by atoms with van der Waals surface area (Å²) >= 11 is 12.9. The molecule has 3 aromatic rings. The monoisotopic (exact) mass is 531 g/mol. The van der Waals surface area contributed by atoms with Crippen molar-refractivity contribution in [2.75, 3.05) is 4.90 Å². The summed E-state index contributed by atoms with van der Waals surface area (Å²) in [6, 6.07) is 6.09. The molecule has 1 aromatic carbocycles. The molecule has 6 rings (SSSR count). The number of hydrogen-bond acceptors (Lipinski definition) is 6. The lowest BCUT2D eigenvalue weighted by molar-refractivity contribution is -0.126. The summed E-state index contributed by atoms with van der Waals surface area (Å²) in [4.78, 5) is 29.4. The van der Waals surface area contributed by atoms with Gasteiger partial charge in [-0.25, -0.2) is 14.2 Å². The Morgan fingerprint density at radius 3 is 2.64 bits per heavy atom. The molecule has 1 amide bonds. The zero-order valence-corrected chi connectivity index (χ0v) is 20.3. The number of carboxylic acids is 1. The molecule has 3 fully saturated rings. The van der Waals surface area contributed by atoms with Crippen LogP contribution >= 0.6 is 23.2 Å². The number of carbonyl (C=O) groups is 2. The van der Waals surface area contributed by atoms with E-state index < -0.39 is 23.4 Å². The fraction of sp³-hybridized carbons (Fsp3) is 0.360. The molecule has 11 heteroatoms. The molecule has 1 aliphatic heterocycles. The molecule has 0 unspecified atom stereocenters. The van der Waals surface area contributed by atoms with Crippen molar-refractivity contribution in [1.29, 1.82) is 0 Å². The maximum absolute atomic E-state index is 14.2. The Bertz CT molecular complexity index is 1370. The molecule has 3 aliphatic rings. The van der Waals surface area contributed by atoms with Gasteiger partial charge < -0.3 is 19.3 Å². The zero-order valence-electron chi connectivity index (χ0n) is 18.8. The highest BCUT2D eigenvalue weighted by Gasteiger charge is 2.52. The molecule has 36 heavy (non-hydrogen) atoms. The van der Waals surface area contributed by atoms with Gasteiger partial charge in [-0.15, -0.1) is 0 Å². The Balaban J connectivity index is 1.21. The fourth-order valence-corrected chi connectivity index (χ4v) is 5.86. The molecule has 0 spiro atoms. The minimum atomic E-state index is -1.46. The Morgan fingerprint density at radius 2 is 2.00 bits per heavy atom. The summed E-state index contributed by atoms with van der Waals surface area (Å²) in [7, 11) is 0. The molecular formula is C25H20Cl2FN3O5. The third kappa shape index (κ3) is 3.86. The first kappa shape index (κ1) is 23.4. The number of fused-ring (bicyclic) bond motifs is 2. The molecule has 1 N–H and O–H groups in total. The van der Waals surface area contributed by atoms with E-state index in [-0.39, 0.29) is 36.3 Å². The molecule has 2 bridgehead atoms. The van der Waals surface area contributed by atoms with Gasteiger partial charge in [-0.05, 0) is 37.8 Å². The molecule has 2 saturated carbocycles. The lowest BCUT2D eigenvalue weighted by atomic mass is 10.0. The van der Waals surface area contributed by atoms with Crippen molar-refractivity contribution in [1.82, 2.24) is 10.1 Å². The maximum Gasteiger partial charge on any atom is 0.357 e. The topological polar surface area (TPSA) is 106 Å². The van der Waals surface area contributed by atoms with Crippen molar-refractivity contribution in [3.05, 3.63) is 63.3 Å². The smallest absolute Gasteiger partial charge is 0.357 e. The van der Waals surface area contributed by atoms with Crippen LogP contribution in [0.5, 0.6) is 0 Å². The van der Waals surface area contributed by atoms with Crippen LogP contribution in [0.4, 0.5) is 10.1 Å². The number of nitrogens with zero attached hydrogens (tertiary/aromatic N) is 3. The summed E-state index contributed by atoms with van der Waals surface area (Å²) < 4.78 is 26.1. The first-order chi connectivity index (χ1) is 17.3. The number of ether oxygens (including phenoxy) is 1. The van der Waals surface area contributed by atoms with Gasteiger partial charge in [0.1, 0.15) is 11.5 Å². The first-order valence-corrected chi connectivity index (χ1v) is 12.4. The summed E-state index contributed by atoms with van der Waals surface area (Å²) in [5.41, 5.74) is 1.49. The number of halogens is 3. The lowest BCUT2D eigenvalue weighted by Crippen LogP contribution is -2.43. The Kier molecular flexibility index (Phi) is 5.74. The van der Waals surface area contributed by atoms with Crippen molar-refractivity contribution in [3.8, 4) is 11.3 Å². The molecule has 2 aromatic heterocycles. The average molecular weight is 532 g/mol. The van der Waals surface area contributed by atoms with E-state index >= 15 is 0 Å². The summed E-state index contributed by atoms with van der Waals surface area (Å²) in [5.74, 6) is -1.99. The number of aromatic carboxylic acids is 1. The summed E-state index contributed by atoms with van der Waals surface area (Å²) in [6.07, 6.45) is 4.03. The Morgan fingerprint density at radius 1 is 1.25 bits per heavy atom. The molecular weight excluding hydrogens is 512 g/mol. The second-order valence-corrected chi connectivity index (χ2v) is 10.2. The Hall–Kier alpha value is -3.01. The predicted molar refractivity (Wildman–Crippen MR) is 128 cm³/mol. The van der Waals surface area contributed by atoms with Crippen LogP contribution in [0.2, 0.25) is 10.0 Å². The average Bonchev–Trinajstić information content (AvgIpc) is 3.34. The van der Waals surface area contributed by atoms with E-state index in [1.807, 2.05) is 0 Å². The number of hydrogen-bond donors (Lipinski definition) is 1. The quantitative estimate of drug-likeness (QED) is 0.430. The van der Waals surface area contributed by atoms with Crippen molar-refractivity contribution < 1.29 is 28.3 Å². The van der Waals surface area contributed by atoms with Gasteiger partial charge in [-0.3, -0.25) is 4.79 Å². The van der Waals surface area contributed by atoms with Gasteiger partial charge in [0, 0.05) is 29.2 Å². The molecule has 0 radical (unpaired) electrons. The number of amides is 1. The van der Waals surface area contributed by atoms with Crippen molar-refractivity contribution in [2.45, 2.75) is 50.4 Å². The van der Waals surface area contributed by atoms with Gasteiger partial charge in [0.05, 0.1) is 40.6 Å². The van der Waals surface area contributed by atoms with Crippen LogP contribution in [-0.4, -0.2) is 39.3 Å². The maximum atomic E-state index is 14.2. The van der Waals surface area contributed by atoms with Crippen LogP contribution in [0.3, 0.4) is 0 Å². The van der Waals surface area contributed by atoms with Crippen LogP contribution in [0.15, 0.2) is 35.0 Å². The van der Waals surface area contributed by atoms with E-state index in [0.717, 1.165) is 30.2 Å². The minimum Gasteiger partial charge on any atom is -0.476 e. The highest BCUT2D eigenvalue weighted by molar-refractivity contribution is 6.39. The standard InChI is InChI=1S/C25H20Cl2FN3O5/c26-16-2-1-3-17(27)20(16)21-15(23(36-30-21)11-4-5-11)10-35-19-8-12-6-14(19)24(32)31(12)13-7-18(28)22(25(33)34)29-9-13/h1-3,7,9,11-12,14,19H,4-6,8,10H2,(H,33,34)/t12-,14+,19+/m0/s1. The fourth-order valence-electron chi connectivity index (χ4n) is 5.28. The molecule has 2 aliphatic carbocycles. The van der Waals surface area contributed by atoms with Gasteiger partial charge in [0.25, 0.3) is 0 Å². The van der Waals surface area contributed by atoms with Gasteiger partial charge in [0.15, 0.2) is 11.5 Å². The van der Waals surface area contributed by atoms with Gasteiger partial charge in [-0.1, -0.05) is 34.4 Å². The number of carbonyl (C=O) groups excluding carboxylic acids is 1. The molecule has 3 atom stereocenters. The van der Waals surface area contributed by atoms with E-state index in [9.17, 15) is 14.0 Å². The number of carboxylic acid groups (broad SMARTS) is 1. The van der Waals surface area contributed by atoms with Crippen LogP contribution in [-0.2, 0) is 16.1 Å². The highest BCUT2D eigenvalue weighted by Crippen LogP contribution is 2.47. The number of pyridine rings is 1. The van der Waals surface area contributed by atoms with Crippen LogP contribution in [0.25, 0.3) is 11.3 Å². The SMILES string of the molecule is O=C(O)c1ncc(N2C(=O)[C@@H]3C[C@H]2C[C@H]3OCc2c(-c3c(Cl)cccc3Cl)noc2C2CC2)cc1F. The normalized spacial score (nSPS) is 23.0. The van der Waals surface area contributed by atoms with E-state index in [2.05, 4.69) is 10.1 Å².